The van der Waals surface area contributed by atoms with E-state index in [4.69, 9.17) is 27.9 Å². The van der Waals surface area contributed by atoms with Gasteiger partial charge in [-0.25, -0.2) is 18.6 Å². The number of hydrogen-bond acceptors (Lipinski definition) is 4. The molecule has 162 valence electrons. The number of carbonyl (C=O) groups excluding carboxylic acids is 1. The van der Waals surface area contributed by atoms with E-state index in [-0.39, 0.29) is 39.8 Å². The van der Waals surface area contributed by atoms with E-state index < -0.39 is 17.6 Å². The maximum Gasteiger partial charge on any atom is 0.359 e. The number of benzene rings is 2. The summed E-state index contributed by atoms with van der Waals surface area (Å²) in [5.41, 5.74) is 0.762. The van der Waals surface area contributed by atoms with Gasteiger partial charge in [0.2, 0.25) is 0 Å². The van der Waals surface area contributed by atoms with Crippen molar-refractivity contribution in [1.29, 1.82) is 0 Å². The molecule has 1 aromatic heterocycles. The largest absolute Gasteiger partial charge is 0.461 e. The maximum absolute atomic E-state index is 15.1. The third kappa shape index (κ3) is 4.05. The lowest BCUT2D eigenvalue weighted by molar-refractivity contribution is 0.0521. The van der Waals surface area contributed by atoms with E-state index in [0.717, 1.165) is 19.4 Å². The molecule has 2 heterocycles. The normalized spacial score (nSPS) is 16.0. The molecule has 1 aliphatic heterocycles. The second-order valence-electron chi connectivity index (χ2n) is 7.07. The van der Waals surface area contributed by atoms with Gasteiger partial charge in [-0.1, -0.05) is 29.3 Å². The van der Waals surface area contributed by atoms with E-state index in [1.54, 1.807) is 23.6 Å². The zero-order chi connectivity index (χ0) is 22.1. The molecule has 1 aliphatic rings. The number of hydrogen-bond donors (Lipinski definition) is 1. The minimum absolute atomic E-state index is 0.00685. The number of rotatable bonds is 5. The summed E-state index contributed by atoms with van der Waals surface area (Å²) in [6.45, 7) is 2.58. The molecule has 1 saturated heterocycles. The molecule has 1 atom stereocenters. The van der Waals surface area contributed by atoms with Crippen molar-refractivity contribution in [3.05, 3.63) is 69.6 Å². The van der Waals surface area contributed by atoms with Gasteiger partial charge in [-0.2, -0.15) is 0 Å². The number of esters is 1. The van der Waals surface area contributed by atoms with Crippen LogP contribution in [0.4, 0.5) is 8.78 Å². The SMILES string of the molecule is CCOC(=O)c1nc(C2CCCN2)n(-c2cccc(Cl)c2F)c1-c1ccc(F)c(Cl)c1. The minimum atomic E-state index is -0.668. The first-order valence-electron chi connectivity index (χ1n) is 9.85. The van der Waals surface area contributed by atoms with E-state index in [1.165, 1.54) is 24.3 Å². The van der Waals surface area contributed by atoms with E-state index in [0.29, 0.717) is 11.4 Å². The summed E-state index contributed by atoms with van der Waals surface area (Å²) < 4.78 is 35.7. The summed E-state index contributed by atoms with van der Waals surface area (Å²) in [5.74, 6) is -1.50. The summed E-state index contributed by atoms with van der Waals surface area (Å²) in [6, 6.07) is 8.41. The lowest BCUT2D eigenvalue weighted by Crippen LogP contribution is -2.18. The summed E-state index contributed by atoms with van der Waals surface area (Å²) in [6.07, 6.45) is 1.66. The van der Waals surface area contributed by atoms with Gasteiger partial charge in [0.25, 0.3) is 0 Å². The van der Waals surface area contributed by atoms with Crippen LogP contribution in [0.3, 0.4) is 0 Å². The van der Waals surface area contributed by atoms with Gasteiger partial charge >= 0.3 is 5.97 Å². The minimum Gasteiger partial charge on any atom is -0.461 e. The van der Waals surface area contributed by atoms with Gasteiger partial charge in [0.15, 0.2) is 11.5 Å². The molecule has 3 aromatic rings. The van der Waals surface area contributed by atoms with Crippen LogP contribution < -0.4 is 5.32 Å². The van der Waals surface area contributed by atoms with Crippen LogP contribution in [0.1, 0.15) is 42.1 Å². The first-order chi connectivity index (χ1) is 14.9. The smallest absolute Gasteiger partial charge is 0.359 e. The Morgan fingerprint density at radius 3 is 2.74 bits per heavy atom. The Labute approximate surface area is 187 Å². The van der Waals surface area contributed by atoms with Crippen molar-refractivity contribution in [2.24, 2.45) is 0 Å². The van der Waals surface area contributed by atoms with Gasteiger partial charge < -0.3 is 10.1 Å². The fourth-order valence-corrected chi connectivity index (χ4v) is 4.09. The van der Waals surface area contributed by atoms with Crippen LogP contribution in [0.5, 0.6) is 0 Å². The Kier molecular flexibility index (Phi) is 6.27. The Bertz CT molecular complexity index is 1140. The summed E-state index contributed by atoms with van der Waals surface area (Å²) in [4.78, 5) is 17.4. The van der Waals surface area contributed by atoms with Crippen LogP contribution in [0, 0.1) is 11.6 Å². The van der Waals surface area contributed by atoms with Crippen LogP contribution in [0.25, 0.3) is 16.9 Å². The van der Waals surface area contributed by atoms with Crippen molar-refractivity contribution in [1.82, 2.24) is 14.9 Å². The molecule has 0 spiro atoms. The van der Waals surface area contributed by atoms with Crippen molar-refractivity contribution in [2.75, 3.05) is 13.2 Å². The molecule has 0 bridgehead atoms. The second kappa shape index (κ2) is 8.94. The lowest BCUT2D eigenvalue weighted by Gasteiger charge is -2.17. The predicted octanol–water partition coefficient (Wildman–Crippen LogP) is 5.73. The molecule has 9 heteroatoms. The number of carbonyl (C=O) groups is 1. The lowest BCUT2D eigenvalue weighted by atomic mass is 10.1. The molecule has 1 fully saturated rings. The summed E-state index contributed by atoms with van der Waals surface area (Å²) in [5, 5.41) is 3.12. The van der Waals surface area contributed by atoms with Crippen LogP contribution in [0.2, 0.25) is 10.0 Å². The van der Waals surface area contributed by atoms with Gasteiger partial charge in [-0.3, -0.25) is 4.57 Å². The number of imidazole rings is 1. The van der Waals surface area contributed by atoms with Crippen LogP contribution in [0.15, 0.2) is 36.4 Å². The zero-order valence-electron chi connectivity index (χ0n) is 16.6. The van der Waals surface area contributed by atoms with Crippen molar-refractivity contribution in [3.63, 3.8) is 0 Å². The molecule has 31 heavy (non-hydrogen) atoms. The third-order valence-electron chi connectivity index (χ3n) is 5.11. The number of halogens is 4. The first-order valence-corrected chi connectivity index (χ1v) is 10.6. The Morgan fingerprint density at radius 2 is 2.06 bits per heavy atom. The fraction of sp³-hybridized carbons (Fsp3) is 0.273. The standard InChI is InChI=1S/C22H19Cl2F2N3O2/c1-2-31-22(30)19-20(12-8-9-15(25)14(24)11-12)29(17-7-3-5-13(23)18(17)26)21(28-19)16-6-4-10-27-16/h3,5,7-9,11,16,27H,2,4,6,10H2,1H3. The van der Waals surface area contributed by atoms with E-state index in [2.05, 4.69) is 10.3 Å². The quantitative estimate of drug-likeness (QED) is 0.489. The molecule has 1 N–H and O–H groups in total. The van der Waals surface area contributed by atoms with Crippen molar-refractivity contribution in [2.45, 2.75) is 25.8 Å². The highest BCUT2D eigenvalue weighted by molar-refractivity contribution is 6.31. The van der Waals surface area contributed by atoms with Crippen LogP contribution >= 0.6 is 23.2 Å². The number of ether oxygens (including phenoxy) is 1. The molecule has 2 aromatic carbocycles. The molecule has 0 amide bonds. The highest BCUT2D eigenvalue weighted by atomic mass is 35.5. The van der Waals surface area contributed by atoms with Gasteiger partial charge in [0.1, 0.15) is 11.6 Å². The number of nitrogens with zero attached hydrogens (tertiary/aromatic N) is 2. The van der Waals surface area contributed by atoms with Gasteiger partial charge in [-0.15, -0.1) is 0 Å². The van der Waals surface area contributed by atoms with E-state index in [9.17, 15) is 9.18 Å². The Morgan fingerprint density at radius 1 is 1.26 bits per heavy atom. The molecular weight excluding hydrogens is 447 g/mol. The maximum atomic E-state index is 15.1. The molecule has 0 aliphatic carbocycles. The van der Waals surface area contributed by atoms with E-state index >= 15 is 4.39 Å². The number of aromatic nitrogens is 2. The first kappa shape index (κ1) is 21.7. The summed E-state index contributed by atoms with van der Waals surface area (Å²) in [7, 11) is 0. The molecule has 1 unspecified atom stereocenters. The Balaban J connectivity index is 2.06. The average molecular weight is 466 g/mol. The van der Waals surface area contributed by atoms with Crippen LogP contribution in [-0.4, -0.2) is 28.7 Å². The van der Waals surface area contributed by atoms with Gasteiger partial charge in [0.05, 0.1) is 34.1 Å². The van der Waals surface area contributed by atoms with Gasteiger partial charge in [-0.05, 0) is 56.6 Å². The van der Waals surface area contributed by atoms with Crippen LogP contribution in [-0.2, 0) is 4.74 Å². The highest BCUT2D eigenvalue weighted by Gasteiger charge is 2.32. The average Bonchev–Trinajstić information content (AvgIpc) is 3.40. The fourth-order valence-electron chi connectivity index (χ4n) is 3.74. The molecular formula is C22H19Cl2F2N3O2. The third-order valence-corrected chi connectivity index (χ3v) is 5.69. The number of nitrogens with one attached hydrogen (secondary N) is 1. The van der Waals surface area contributed by atoms with Crippen molar-refractivity contribution in [3.8, 4) is 16.9 Å². The topological polar surface area (TPSA) is 56.1 Å². The highest BCUT2D eigenvalue weighted by Crippen LogP contribution is 2.37. The molecule has 5 nitrogen and oxygen atoms in total. The zero-order valence-corrected chi connectivity index (χ0v) is 18.1. The van der Waals surface area contributed by atoms with Crippen molar-refractivity contribution >= 4 is 29.2 Å². The molecule has 4 rings (SSSR count). The monoisotopic (exact) mass is 465 g/mol. The van der Waals surface area contributed by atoms with E-state index in [1.807, 2.05) is 0 Å². The summed E-state index contributed by atoms with van der Waals surface area (Å²) >= 11 is 12.1. The molecule has 0 saturated carbocycles. The predicted molar refractivity (Wildman–Crippen MR) is 115 cm³/mol. The van der Waals surface area contributed by atoms with Crippen molar-refractivity contribution < 1.29 is 18.3 Å². The Hall–Kier alpha value is -2.48. The molecule has 0 radical (unpaired) electrons. The second-order valence-corrected chi connectivity index (χ2v) is 7.89. The van der Waals surface area contributed by atoms with Gasteiger partial charge in [0, 0.05) is 5.56 Å².